The summed E-state index contributed by atoms with van der Waals surface area (Å²) in [5.74, 6) is -3.75. The van der Waals surface area contributed by atoms with E-state index in [1.54, 1.807) is 0 Å². The van der Waals surface area contributed by atoms with Gasteiger partial charge in [0.05, 0.1) is 22.4 Å². The minimum absolute atomic E-state index is 0.144. The topological polar surface area (TPSA) is 70.4 Å². The number of benzene rings is 1. The fourth-order valence-electron chi connectivity index (χ4n) is 1.52. The molecule has 0 saturated heterocycles. The number of esters is 1. The van der Waals surface area contributed by atoms with Gasteiger partial charge in [0.2, 0.25) is 5.76 Å². The van der Waals surface area contributed by atoms with Crippen molar-refractivity contribution in [2.24, 2.45) is 0 Å². The van der Waals surface area contributed by atoms with Crippen molar-refractivity contribution in [3.63, 3.8) is 0 Å². The molecule has 0 amide bonds. The molecule has 0 aliphatic carbocycles. The molecule has 120 valence electrons. The van der Waals surface area contributed by atoms with Crippen LogP contribution in [-0.4, -0.2) is 29.6 Å². The van der Waals surface area contributed by atoms with Crippen molar-refractivity contribution in [2.45, 2.75) is 13.1 Å². The van der Waals surface area contributed by atoms with Gasteiger partial charge in [-0.2, -0.15) is 13.2 Å². The number of rotatable bonds is 4. The number of carbonyl (C=O) groups is 1. The van der Waals surface area contributed by atoms with Crippen molar-refractivity contribution >= 4 is 34.9 Å². The molecule has 0 bridgehead atoms. The zero-order valence-electron chi connectivity index (χ0n) is 11.1. The van der Waals surface area contributed by atoms with Gasteiger partial charge < -0.3 is 9.84 Å². The van der Waals surface area contributed by atoms with Gasteiger partial charge in [0.15, 0.2) is 0 Å². The average molecular weight is 356 g/mol. The van der Waals surface area contributed by atoms with E-state index in [0.29, 0.717) is 0 Å². The smallest absolute Gasteiger partial charge is 0.449 e. The van der Waals surface area contributed by atoms with Crippen LogP contribution in [0.25, 0.3) is 0 Å². The van der Waals surface area contributed by atoms with Crippen molar-refractivity contribution < 1.29 is 27.8 Å². The van der Waals surface area contributed by atoms with E-state index in [4.69, 9.17) is 28.6 Å². The fraction of sp³-hybridized carbons (Fsp3) is 0.231. The average Bonchev–Trinajstić information content (AvgIpc) is 2.37. The van der Waals surface area contributed by atoms with Crippen LogP contribution in [0.15, 0.2) is 29.5 Å². The first-order valence-electron chi connectivity index (χ1n) is 5.82. The highest BCUT2D eigenvalue weighted by Crippen LogP contribution is 2.32. The van der Waals surface area contributed by atoms with Gasteiger partial charge in [-0.15, -0.1) is 0 Å². The van der Waals surface area contributed by atoms with Crippen LogP contribution < -0.4 is 0 Å². The maximum Gasteiger partial charge on any atom is 0.449 e. The van der Waals surface area contributed by atoms with Crippen molar-refractivity contribution in [1.82, 2.24) is 0 Å². The Morgan fingerprint density at radius 2 is 1.82 bits per heavy atom. The Morgan fingerprint density at radius 3 is 2.23 bits per heavy atom. The van der Waals surface area contributed by atoms with Crippen molar-refractivity contribution in [2.75, 3.05) is 6.61 Å². The normalized spacial score (nSPS) is 12.6. The van der Waals surface area contributed by atoms with E-state index in [0.717, 1.165) is 0 Å². The van der Waals surface area contributed by atoms with Crippen LogP contribution in [0.2, 0.25) is 10.0 Å². The molecule has 0 fully saturated rings. The molecular weight excluding hydrogens is 346 g/mol. The first-order chi connectivity index (χ1) is 10.1. The van der Waals surface area contributed by atoms with E-state index in [-0.39, 0.29) is 22.2 Å². The Labute approximate surface area is 133 Å². The molecule has 9 heteroatoms. The molecular formula is C13H10Cl2F3NO3. The highest BCUT2D eigenvalue weighted by Gasteiger charge is 2.41. The molecule has 1 aromatic carbocycles. The molecule has 0 aliphatic heterocycles. The Bertz CT molecular complexity index is 622. The third-order valence-corrected chi connectivity index (χ3v) is 3.08. The number of alkyl halides is 3. The SMILES string of the molecule is CCOC(=O)C(C(=N)c1c(Cl)cccc1Cl)=C(O)C(F)(F)F. The second-order valence-electron chi connectivity index (χ2n) is 3.91. The lowest BCUT2D eigenvalue weighted by atomic mass is 10.0. The molecule has 0 heterocycles. The van der Waals surface area contributed by atoms with Crippen molar-refractivity contribution in [3.8, 4) is 0 Å². The molecule has 2 N–H and O–H groups in total. The van der Waals surface area contributed by atoms with Gasteiger partial charge in [-0.05, 0) is 19.1 Å². The molecule has 22 heavy (non-hydrogen) atoms. The van der Waals surface area contributed by atoms with E-state index in [1.165, 1.54) is 25.1 Å². The van der Waals surface area contributed by atoms with Crippen LogP contribution in [0.3, 0.4) is 0 Å². The van der Waals surface area contributed by atoms with Gasteiger partial charge in [-0.3, -0.25) is 5.41 Å². The summed E-state index contributed by atoms with van der Waals surface area (Å²) in [5.41, 5.74) is -2.65. The third kappa shape index (κ3) is 3.92. The van der Waals surface area contributed by atoms with Gasteiger partial charge in [-0.25, -0.2) is 4.79 Å². The summed E-state index contributed by atoms with van der Waals surface area (Å²) in [6, 6.07) is 3.98. The Balaban J connectivity index is 3.53. The van der Waals surface area contributed by atoms with E-state index in [2.05, 4.69) is 4.74 Å². The molecule has 4 nitrogen and oxygen atoms in total. The van der Waals surface area contributed by atoms with E-state index in [9.17, 15) is 23.1 Å². The van der Waals surface area contributed by atoms with Crippen molar-refractivity contribution in [3.05, 3.63) is 45.1 Å². The largest absolute Gasteiger partial charge is 0.504 e. The summed E-state index contributed by atoms with van der Waals surface area (Å²) in [6.07, 6.45) is -5.23. The third-order valence-electron chi connectivity index (χ3n) is 2.45. The predicted octanol–water partition coefficient (Wildman–Crippen LogP) is 4.30. The van der Waals surface area contributed by atoms with Crippen LogP contribution in [0.4, 0.5) is 13.2 Å². The van der Waals surface area contributed by atoms with Crippen LogP contribution in [0.1, 0.15) is 12.5 Å². The summed E-state index contributed by atoms with van der Waals surface area (Å²) in [5, 5.41) is 16.8. The van der Waals surface area contributed by atoms with E-state index < -0.39 is 29.2 Å². The number of hydrogen-bond acceptors (Lipinski definition) is 4. The molecule has 1 aromatic rings. The molecule has 0 spiro atoms. The maximum atomic E-state index is 12.7. The van der Waals surface area contributed by atoms with Crippen LogP contribution in [-0.2, 0) is 9.53 Å². The van der Waals surface area contributed by atoms with Gasteiger partial charge in [0, 0.05) is 5.56 Å². The zero-order valence-corrected chi connectivity index (χ0v) is 12.6. The monoisotopic (exact) mass is 355 g/mol. The molecule has 0 atom stereocenters. The summed E-state index contributed by atoms with van der Waals surface area (Å²) in [7, 11) is 0. The van der Waals surface area contributed by atoms with Crippen LogP contribution >= 0.6 is 23.2 Å². The molecule has 0 aromatic heterocycles. The van der Waals surface area contributed by atoms with E-state index in [1.807, 2.05) is 0 Å². The Morgan fingerprint density at radius 1 is 1.32 bits per heavy atom. The molecule has 0 radical (unpaired) electrons. The fourth-order valence-corrected chi connectivity index (χ4v) is 2.11. The molecule has 0 saturated carbocycles. The first-order valence-corrected chi connectivity index (χ1v) is 6.57. The number of nitrogens with one attached hydrogen (secondary N) is 1. The highest BCUT2D eigenvalue weighted by atomic mass is 35.5. The minimum atomic E-state index is -5.23. The summed E-state index contributed by atoms with van der Waals surface area (Å²) >= 11 is 11.6. The summed E-state index contributed by atoms with van der Waals surface area (Å²) in [4.78, 5) is 11.7. The summed E-state index contributed by atoms with van der Waals surface area (Å²) in [6.45, 7) is 1.13. The van der Waals surface area contributed by atoms with Crippen LogP contribution in [0.5, 0.6) is 0 Å². The van der Waals surface area contributed by atoms with Gasteiger partial charge in [0.1, 0.15) is 5.57 Å². The summed E-state index contributed by atoms with van der Waals surface area (Å²) < 4.78 is 42.6. The van der Waals surface area contributed by atoms with Crippen molar-refractivity contribution in [1.29, 1.82) is 5.41 Å². The first kappa shape index (κ1) is 18.3. The second-order valence-corrected chi connectivity index (χ2v) is 4.73. The Kier molecular flexibility index (Phi) is 5.85. The lowest BCUT2D eigenvalue weighted by molar-refractivity contribution is -0.141. The second kappa shape index (κ2) is 7.02. The minimum Gasteiger partial charge on any atom is -0.504 e. The van der Waals surface area contributed by atoms with Crippen LogP contribution in [0, 0.1) is 5.41 Å². The molecule has 1 rings (SSSR count). The lowest BCUT2D eigenvalue weighted by Gasteiger charge is -2.15. The number of carbonyl (C=O) groups excluding carboxylic acids is 1. The standard InChI is InChI=1S/C13H10Cl2F3NO3/c1-2-22-12(21)9(11(20)13(16,17)18)10(19)8-6(14)4-3-5-7(8)15/h3-5,19-20H,2H2,1H3. The van der Waals surface area contributed by atoms with E-state index >= 15 is 0 Å². The zero-order chi connectivity index (χ0) is 17.1. The number of aliphatic hydroxyl groups excluding tert-OH is 1. The molecule has 0 aliphatic rings. The number of halogens is 5. The highest BCUT2D eigenvalue weighted by molar-refractivity contribution is 6.43. The van der Waals surface area contributed by atoms with Gasteiger partial charge in [-0.1, -0.05) is 29.3 Å². The van der Waals surface area contributed by atoms with Gasteiger partial charge in [0.25, 0.3) is 0 Å². The number of hydrogen-bond donors (Lipinski definition) is 2. The molecule has 0 unspecified atom stereocenters. The maximum absolute atomic E-state index is 12.7. The Hall–Kier alpha value is -1.73. The number of allylic oxidation sites excluding steroid dienone is 1. The van der Waals surface area contributed by atoms with Gasteiger partial charge >= 0.3 is 12.1 Å². The predicted molar refractivity (Wildman–Crippen MR) is 75.6 cm³/mol. The lowest BCUT2D eigenvalue weighted by Crippen LogP contribution is -2.25. The quantitative estimate of drug-likeness (QED) is 0.366. The number of aliphatic hydroxyl groups is 1. The number of ether oxygens (including phenoxy) is 1.